The minimum absolute atomic E-state index is 0.147. The summed E-state index contributed by atoms with van der Waals surface area (Å²) in [6.07, 6.45) is 1.06. The maximum atomic E-state index is 12.6. The summed E-state index contributed by atoms with van der Waals surface area (Å²) in [7, 11) is 0. The molecule has 3 heteroatoms. The number of nitrogens with two attached hydrogens (primary N) is 1. The molecule has 0 aliphatic carbocycles. The summed E-state index contributed by atoms with van der Waals surface area (Å²) in [5.74, 6) is 1.79. The maximum absolute atomic E-state index is 12.6. The Morgan fingerprint density at radius 2 is 1.82 bits per heavy atom. The molecule has 3 nitrogen and oxygen atoms in total. The highest BCUT2D eigenvalue weighted by molar-refractivity contribution is 5.80. The van der Waals surface area contributed by atoms with Gasteiger partial charge in [0, 0.05) is 18.5 Å². The van der Waals surface area contributed by atoms with E-state index in [-0.39, 0.29) is 5.92 Å². The fourth-order valence-corrected chi connectivity index (χ4v) is 3.15. The molecule has 0 spiro atoms. The van der Waals surface area contributed by atoms with Crippen molar-refractivity contribution in [3.63, 3.8) is 0 Å². The lowest BCUT2D eigenvalue weighted by Crippen LogP contribution is -2.42. The van der Waals surface area contributed by atoms with Crippen LogP contribution in [0.4, 0.5) is 0 Å². The van der Waals surface area contributed by atoms with Gasteiger partial charge in [0.1, 0.15) is 0 Å². The Morgan fingerprint density at radius 1 is 1.29 bits per heavy atom. The van der Waals surface area contributed by atoms with Gasteiger partial charge in [0.05, 0.1) is 0 Å². The van der Waals surface area contributed by atoms with Crippen molar-refractivity contribution < 1.29 is 4.79 Å². The molecule has 2 N–H and O–H groups in total. The van der Waals surface area contributed by atoms with Crippen LogP contribution in [0.5, 0.6) is 0 Å². The molecule has 0 aromatic rings. The van der Waals surface area contributed by atoms with E-state index in [1.165, 1.54) is 0 Å². The van der Waals surface area contributed by atoms with Crippen LogP contribution in [0.25, 0.3) is 0 Å². The third kappa shape index (κ3) is 3.21. The van der Waals surface area contributed by atoms with Crippen molar-refractivity contribution in [2.24, 2.45) is 29.4 Å². The second-order valence-corrected chi connectivity index (χ2v) is 6.19. The van der Waals surface area contributed by atoms with E-state index in [1.54, 1.807) is 0 Å². The predicted molar refractivity (Wildman–Crippen MR) is 71.5 cm³/mol. The molecule has 2 atom stereocenters. The standard InChI is InChI=1S/C14H28N2O/c1-9(2)13(10(3)4)14(17)16-8-12(7-15)6-11(16)5/h9-13H,6-8,15H2,1-5H3. The molecule has 0 bridgehead atoms. The van der Waals surface area contributed by atoms with Crippen molar-refractivity contribution >= 4 is 5.91 Å². The van der Waals surface area contributed by atoms with E-state index in [4.69, 9.17) is 5.73 Å². The first-order valence-corrected chi connectivity index (χ1v) is 6.89. The van der Waals surface area contributed by atoms with E-state index >= 15 is 0 Å². The summed E-state index contributed by atoms with van der Waals surface area (Å²) < 4.78 is 0. The zero-order chi connectivity index (χ0) is 13.2. The van der Waals surface area contributed by atoms with Crippen molar-refractivity contribution in [1.29, 1.82) is 0 Å². The average Bonchev–Trinajstić information content (AvgIpc) is 2.58. The van der Waals surface area contributed by atoms with Crippen LogP contribution in [0.15, 0.2) is 0 Å². The molecule has 1 aliphatic heterocycles. The number of amides is 1. The second kappa shape index (κ2) is 5.85. The van der Waals surface area contributed by atoms with Crippen LogP contribution in [0.2, 0.25) is 0 Å². The second-order valence-electron chi connectivity index (χ2n) is 6.19. The highest BCUT2D eigenvalue weighted by Crippen LogP contribution is 2.29. The molecule has 0 radical (unpaired) electrons. The Kier molecular flexibility index (Phi) is 4.99. The number of nitrogens with zero attached hydrogens (tertiary/aromatic N) is 1. The van der Waals surface area contributed by atoms with Gasteiger partial charge >= 0.3 is 0 Å². The normalized spacial score (nSPS) is 25.4. The highest BCUT2D eigenvalue weighted by Gasteiger charge is 2.37. The van der Waals surface area contributed by atoms with E-state index < -0.39 is 0 Å². The number of hydrogen-bond donors (Lipinski definition) is 1. The van der Waals surface area contributed by atoms with E-state index in [2.05, 4.69) is 39.5 Å². The van der Waals surface area contributed by atoms with Crippen LogP contribution in [0, 0.1) is 23.7 Å². The lowest BCUT2D eigenvalue weighted by atomic mass is 9.84. The lowest BCUT2D eigenvalue weighted by molar-refractivity contribution is -0.139. The monoisotopic (exact) mass is 240 g/mol. The SMILES string of the molecule is CC(C)C(C(=O)N1CC(CN)CC1C)C(C)C. The van der Waals surface area contributed by atoms with Crippen LogP contribution in [-0.2, 0) is 4.79 Å². The van der Waals surface area contributed by atoms with Gasteiger partial charge in [-0.25, -0.2) is 0 Å². The predicted octanol–water partition coefficient (Wildman–Crippen LogP) is 2.11. The first-order chi connectivity index (χ1) is 7.88. The maximum Gasteiger partial charge on any atom is 0.226 e. The summed E-state index contributed by atoms with van der Waals surface area (Å²) in [6, 6.07) is 0.357. The first-order valence-electron chi connectivity index (χ1n) is 6.89. The van der Waals surface area contributed by atoms with Crippen LogP contribution < -0.4 is 5.73 Å². The topological polar surface area (TPSA) is 46.3 Å². The van der Waals surface area contributed by atoms with Gasteiger partial charge in [0.25, 0.3) is 0 Å². The Bertz CT molecular complexity index is 255. The smallest absolute Gasteiger partial charge is 0.226 e. The summed E-state index contributed by atoms with van der Waals surface area (Å²) >= 11 is 0. The van der Waals surface area contributed by atoms with E-state index in [0.717, 1.165) is 13.0 Å². The minimum Gasteiger partial charge on any atom is -0.339 e. The van der Waals surface area contributed by atoms with Gasteiger partial charge in [-0.2, -0.15) is 0 Å². The van der Waals surface area contributed by atoms with E-state index in [9.17, 15) is 4.79 Å². The third-order valence-corrected chi connectivity index (χ3v) is 4.00. The largest absolute Gasteiger partial charge is 0.339 e. The number of rotatable bonds is 4. The van der Waals surface area contributed by atoms with Gasteiger partial charge < -0.3 is 10.6 Å². The van der Waals surface area contributed by atoms with E-state index in [0.29, 0.717) is 36.2 Å². The zero-order valence-corrected chi connectivity index (χ0v) is 11.9. The molecule has 1 rings (SSSR count). The van der Waals surface area contributed by atoms with Gasteiger partial charge in [-0.1, -0.05) is 27.7 Å². The van der Waals surface area contributed by atoms with Crippen LogP contribution >= 0.6 is 0 Å². The van der Waals surface area contributed by atoms with Gasteiger partial charge in [-0.3, -0.25) is 4.79 Å². The van der Waals surface area contributed by atoms with Gasteiger partial charge in [-0.05, 0) is 37.6 Å². The third-order valence-electron chi connectivity index (χ3n) is 4.00. The number of carbonyl (C=O) groups is 1. The number of carbonyl (C=O) groups excluding carboxylic acids is 1. The summed E-state index contributed by atoms with van der Waals surface area (Å²) in [5.41, 5.74) is 5.72. The molecule has 1 aliphatic rings. The van der Waals surface area contributed by atoms with Crippen LogP contribution in [0.3, 0.4) is 0 Å². The first kappa shape index (κ1) is 14.5. The van der Waals surface area contributed by atoms with Crippen molar-refractivity contribution in [2.75, 3.05) is 13.1 Å². The van der Waals surface area contributed by atoms with Crippen LogP contribution in [0.1, 0.15) is 41.0 Å². The number of hydrogen-bond acceptors (Lipinski definition) is 2. The lowest BCUT2D eigenvalue weighted by Gasteiger charge is -2.31. The van der Waals surface area contributed by atoms with Crippen molar-refractivity contribution in [1.82, 2.24) is 4.90 Å². The fraction of sp³-hybridized carbons (Fsp3) is 0.929. The highest BCUT2D eigenvalue weighted by atomic mass is 16.2. The van der Waals surface area contributed by atoms with Gasteiger partial charge in [-0.15, -0.1) is 0 Å². The molecule has 0 aromatic carbocycles. The van der Waals surface area contributed by atoms with E-state index in [1.807, 2.05) is 0 Å². The summed E-state index contributed by atoms with van der Waals surface area (Å²) in [4.78, 5) is 14.6. The quantitative estimate of drug-likeness (QED) is 0.818. The average molecular weight is 240 g/mol. The molecule has 1 amide bonds. The Balaban J connectivity index is 2.75. The summed E-state index contributed by atoms with van der Waals surface area (Å²) in [5, 5.41) is 0. The number of likely N-dealkylation sites (tertiary alicyclic amines) is 1. The Morgan fingerprint density at radius 3 is 2.18 bits per heavy atom. The molecular formula is C14H28N2O. The fourth-order valence-electron chi connectivity index (χ4n) is 3.15. The van der Waals surface area contributed by atoms with Crippen molar-refractivity contribution in [3.8, 4) is 0 Å². The van der Waals surface area contributed by atoms with Gasteiger partial charge in [0.2, 0.25) is 5.91 Å². The molecule has 17 heavy (non-hydrogen) atoms. The molecular weight excluding hydrogens is 212 g/mol. The molecule has 0 aromatic heterocycles. The summed E-state index contributed by atoms with van der Waals surface area (Å²) in [6.45, 7) is 12.3. The van der Waals surface area contributed by atoms with Crippen molar-refractivity contribution in [2.45, 2.75) is 47.1 Å². The molecule has 1 saturated heterocycles. The molecule has 1 heterocycles. The van der Waals surface area contributed by atoms with Crippen molar-refractivity contribution in [3.05, 3.63) is 0 Å². The molecule has 0 saturated carbocycles. The van der Waals surface area contributed by atoms with Gasteiger partial charge in [0.15, 0.2) is 0 Å². The molecule has 2 unspecified atom stereocenters. The van der Waals surface area contributed by atoms with Crippen LogP contribution in [-0.4, -0.2) is 29.9 Å². The molecule has 1 fully saturated rings. The molecule has 100 valence electrons. The Labute approximate surface area is 106 Å². The zero-order valence-electron chi connectivity index (χ0n) is 11.9. The Hall–Kier alpha value is -0.570. The minimum atomic E-state index is 0.147.